The molecule has 1 fully saturated rings. The number of nitrogens with one attached hydrogen (secondary N) is 1. The number of nitrogens with two attached hydrogens (primary N) is 1. The summed E-state index contributed by atoms with van der Waals surface area (Å²) >= 11 is 6.52. The first-order valence-electron chi connectivity index (χ1n) is 6.83. The Bertz CT molecular complexity index is 595. The predicted octanol–water partition coefficient (Wildman–Crippen LogP) is 2.56. The highest BCUT2D eigenvalue weighted by molar-refractivity contribution is 9.11. The highest BCUT2D eigenvalue weighted by Gasteiger charge is 2.28. The Morgan fingerprint density at radius 1 is 1.33 bits per heavy atom. The van der Waals surface area contributed by atoms with Crippen molar-refractivity contribution in [3.8, 4) is 0 Å². The minimum Gasteiger partial charge on any atom is -0.399 e. The molecule has 0 radical (unpaired) electrons. The number of benzene rings is 1. The lowest BCUT2D eigenvalue weighted by atomic mass is 10.3. The molecule has 1 aliphatic carbocycles. The lowest BCUT2D eigenvalue weighted by Crippen LogP contribution is -2.36. The highest BCUT2D eigenvalue weighted by Crippen LogP contribution is 2.32. The summed E-state index contributed by atoms with van der Waals surface area (Å²) in [7, 11) is -3.57. The van der Waals surface area contributed by atoms with E-state index in [0.29, 0.717) is 27.2 Å². The molecule has 0 spiro atoms. The molecule has 3 N–H and O–H groups in total. The van der Waals surface area contributed by atoms with Gasteiger partial charge in [-0.2, -0.15) is 0 Å². The fourth-order valence-corrected chi connectivity index (χ4v) is 5.91. The molecule has 1 saturated carbocycles. The Labute approximate surface area is 142 Å². The summed E-state index contributed by atoms with van der Waals surface area (Å²) in [6, 6.07) is 3.80. The molecule has 0 heterocycles. The van der Waals surface area contributed by atoms with Crippen LogP contribution in [0, 0.1) is 0 Å². The summed E-state index contributed by atoms with van der Waals surface area (Å²) in [5.74, 6) is 0. The van der Waals surface area contributed by atoms with Crippen LogP contribution in [0.4, 0.5) is 5.69 Å². The molecular formula is C13H19Br2N3O2S. The van der Waals surface area contributed by atoms with Gasteiger partial charge in [-0.3, -0.25) is 4.90 Å². The fourth-order valence-electron chi connectivity index (χ4n) is 2.27. The van der Waals surface area contributed by atoms with Crippen LogP contribution in [0.3, 0.4) is 0 Å². The molecule has 1 aromatic rings. The summed E-state index contributed by atoms with van der Waals surface area (Å²) in [6.07, 6.45) is 2.44. The average molecular weight is 441 g/mol. The summed E-state index contributed by atoms with van der Waals surface area (Å²) in [4.78, 5) is 2.49. The maximum Gasteiger partial charge on any atom is 0.242 e. The third kappa shape index (κ3) is 4.41. The third-order valence-corrected chi connectivity index (χ3v) is 6.79. The summed E-state index contributed by atoms with van der Waals surface area (Å²) in [5, 5.41) is 0. The second-order valence-electron chi connectivity index (χ2n) is 5.07. The quantitative estimate of drug-likeness (QED) is 0.639. The first-order chi connectivity index (χ1) is 9.85. The van der Waals surface area contributed by atoms with E-state index in [9.17, 15) is 8.42 Å². The van der Waals surface area contributed by atoms with E-state index in [1.54, 1.807) is 12.1 Å². The van der Waals surface area contributed by atoms with Gasteiger partial charge in [-0.25, -0.2) is 13.1 Å². The van der Waals surface area contributed by atoms with Gasteiger partial charge in [0.1, 0.15) is 4.90 Å². The topological polar surface area (TPSA) is 75.4 Å². The first-order valence-corrected chi connectivity index (χ1v) is 9.90. The van der Waals surface area contributed by atoms with Crippen LogP contribution in [0.1, 0.15) is 19.8 Å². The van der Waals surface area contributed by atoms with Crippen LogP contribution in [0.2, 0.25) is 0 Å². The van der Waals surface area contributed by atoms with E-state index >= 15 is 0 Å². The molecule has 0 aromatic heterocycles. The van der Waals surface area contributed by atoms with E-state index in [4.69, 9.17) is 5.73 Å². The van der Waals surface area contributed by atoms with Crippen molar-refractivity contribution in [2.45, 2.75) is 30.7 Å². The van der Waals surface area contributed by atoms with Gasteiger partial charge < -0.3 is 5.73 Å². The van der Waals surface area contributed by atoms with Crippen molar-refractivity contribution < 1.29 is 8.42 Å². The fraction of sp³-hybridized carbons (Fsp3) is 0.538. The molecule has 0 saturated heterocycles. The summed E-state index contributed by atoms with van der Waals surface area (Å²) in [5.41, 5.74) is 6.19. The number of nitrogens with zero attached hydrogens (tertiary/aromatic N) is 1. The van der Waals surface area contributed by atoms with E-state index < -0.39 is 10.0 Å². The Hall–Kier alpha value is -0.150. The summed E-state index contributed by atoms with van der Waals surface area (Å²) in [6.45, 7) is 4.17. The molecule has 21 heavy (non-hydrogen) atoms. The molecule has 0 atom stereocenters. The van der Waals surface area contributed by atoms with Crippen LogP contribution < -0.4 is 10.5 Å². The van der Waals surface area contributed by atoms with Gasteiger partial charge in [0, 0.05) is 33.8 Å². The number of halogens is 2. The van der Waals surface area contributed by atoms with E-state index in [2.05, 4.69) is 48.4 Å². The minimum atomic E-state index is -3.57. The molecule has 1 aliphatic rings. The van der Waals surface area contributed by atoms with Crippen molar-refractivity contribution in [2.24, 2.45) is 0 Å². The van der Waals surface area contributed by atoms with E-state index in [-0.39, 0.29) is 4.90 Å². The Morgan fingerprint density at radius 2 is 1.90 bits per heavy atom. The van der Waals surface area contributed by atoms with Crippen molar-refractivity contribution in [2.75, 3.05) is 25.4 Å². The molecule has 0 aliphatic heterocycles. The van der Waals surface area contributed by atoms with Gasteiger partial charge in [-0.05, 0) is 63.4 Å². The molecule has 5 nitrogen and oxygen atoms in total. The van der Waals surface area contributed by atoms with Crippen LogP contribution in [0.5, 0.6) is 0 Å². The largest absolute Gasteiger partial charge is 0.399 e. The smallest absolute Gasteiger partial charge is 0.242 e. The lowest BCUT2D eigenvalue weighted by molar-refractivity contribution is 0.282. The zero-order chi connectivity index (χ0) is 15.6. The van der Waals surface area contributed by atoms with E-state index in [0.717, 1.165) is 13.1 Å². The van der Waals surface area contributed by atoms with Crippen molar-refractivity contribution in [1.82, 2.24) is 9.62 Å². The molecule has 0 unspecified atom stereocenters. The second kappa shape index (κ2) is 6.95. The molecule has 1 aromatic carbocycles. The number of rotatable bonds is 7. The Kier molecular flexibility index (Phi) is 5.70. The number of anilines is 1. The van der Waals surface area contributed by atoms with Crippen LogP contribution in [0.15, 0.2) is 26.0 Å². The maximum atomic E-state index is 12.4. The van der Waals surface area contributed by atoms with Crippen LogP contribution in [-0.2, 0) is 10.0 Å². The number of nitrogen functional groups attached to an aromatic ring is 1. The van der Waals surface area contributed by atoms with Gasteiger partial charge in [0.15, 0.2) is 0 Å². The predicted molar refractivity (Wildman–Crippen MR) is 91.7 cm³/mol. The number of likely N-dealkylation sites (N-methyl/N-ethyl adjacent to an activating group) is 1. The van der Waals surface area contributed by atoms with Gasteiger partial charge >= 0.3 is 0 Å². The highest BCUT2D eigenvalue weighted by atomic mass is 79.9. The SMILES string of the molecule is CCN(CCNS(=O)(=O)c1c(Br)cc(N)cc1Br)C1CC1. The number of hydrogen-bond acceptors (Lipinski definition) is 4. The number of hydrogen-bond donors (Lipinski definition) is 2. The molecule has 0 bridgehead atoms. The van der Waals surface area contributed by atoms with Crippen molar-refractivity contribution in [1.29, 1.82) is 0 Å². The maximum absolute atomic E-state index is 12.4. The Balaban J connectivity index is 2.05. The minimum absolute atomic E-state index is 0.186. The van der Waals surface area contributed by atoms with Crippen LogP contribution in [0.25, 0.3) is 0 Å². The van der Waals surface area contributed by atoms with Crippen molar-refractivity contribution in [3.05, 3.63) is 21.1 Å². The standard InChI is InChI=1S/C13H19Br2N3O2S/c1-2-18(10-3-4-10)6-5-17-21(19,20)13-11(14)7-9(16)8-12(13)15/h7-8,10,17H,2-6,16H2,1H3. The molecule has 0 amide bonds. The van der Waals surface area contributed by atoms with Gasteiger partial charge in [0.25, 0.3) is 0 Å². The molecule has 118 valence electrons. The lowest BCUT2D eigenvalue weighted by Gasteiger charge is -2.20. The van der Waals surface area contributed by atoms with Crippen LogP contribution in [-0.4, -0.2) is 39.0 Å². The van der Waals surface area contributed by atoms with Crippen LogP contribution >= 0.6 is 31.9 Å². The van der Waals surface area contributed by atoms with Crippen molar-refractivity contribution in [3.63, 3.8) is 0 Å². The van der Waals surface area contributed by atoms with Gasteiger partial charge in [-0.15, -0.1) is 0 Å². The van der Waals surface area contributed by atoms with Gasteiger partial charge in [0.05, 0.1) is 0 Å². The summed E-state index contributed by atoms with van der Waals surface area (Å²) < 4.78 is 28.4. The molecule has 2 rings (SSSR count). The zero-order valence-electron chi connectivity index (χ0n) is 11.8. The third-order valence-electron chi connectivity index (χ3n) is 3.45. The van der Waals surface area contributed by atoms with Gasteiger partial charge in [-0.1, -0.05) is 6.92 Å². The number of sulfonamides is 1. The van der Waals surface area contributed by atoms with Gasteiger partial charge in [0.2, 0.25) is 10.0 Å². The van der Waals surface area contributed by atoms with E-state index in [1.807, 2.05) is 0 Å². The van der Waals surface area contributed by atoms with Crippen molar-refractivity contribution >= 4 is 47.6 Å². The second-order valence-corrected chi connectivity index (χ2v) is 8.48. The molecule has 8 heteroatoms. The Morgan fingerprint density at radius 3 is 2.38 bits per heavy atom. The van der Waals surface area contributed by atoms with E-state index in [1.165, 1.54) is 12.8 Å². The normalized spacial score (nSPS) is 15.6. The molecular weight excluding hydrogens is 422 g/mol. The first kappa shape index (κ1) is 17.2. The zero-order valence-corrected chi connectivity index (χ0v) is 15.8. The average Bonchev–Trinajstić information content (AvgIpc) is 3.17. The monoisotopic (exact) mass is 439 g/mol.